The summed E-state index contributed by atoms with van der Waals surface area (Å²) in [5, 5.41) is 30.2. The lowest BCUT2D eigenvalue weighted by atomic mass is 9.99. The summed E-state index contributed by atoms with van der Waals surface area (Å²) >= 11 is 6.09. The second-order valence-electron chi connectivity index (χ2n) is 8.24. The van der Waals surface area contributed by atoms with E-state index in [1.807, 2.05) is 6.92 Å². The van der Waals surface area contributed by atoms with Crippen LogP contribution < -0.4 is 0 Å². The van der Waals surface area contributed by atoms with Crippen molar-refractivity contribution >= 4 is 23.6 Å². The summed E-state index contributed by atoms with van der Waals surface area (Å²) in [6.07, 6.45) is 4.84. The molecule has 1 aliphatic rings. The third-order valence-electron chi connectivity index (χ3n) is 5.14. The highest BCUT2D eigenvalue weighted by Gasteiger charge is 2.43. The first-order valence-electron chi connectivity index (χ1n) is 10.0. The molecule has 1 unspecified atom stereocenters. The molecule has 0 amide bonds. The summed E-state index contributed by atoms with van der Waals surface area (Å²) in [4.78, 5) is 11.6. The van der Waals surface area contributed by atoms with Gasteiger partial charge in [-0.2, -0.15) is 0 Å². The highest BCUT2D eigenvalue weighted by molar-refractivity contribution is 6.31. The lowest BCUT2D eigenvalue weighted by Gasteiger charge is -2.20. The van der Waals surface area contributed by atoms with Crippen LogP contribution in [0.15, 0.2) is 30.4 Å². The fourth-order valence-corrected chi connectivity index (χ4v) is 3.70. The van der Waals surface area contributed by atoms with Gasteiger partial charge >= 0.3 is 5.97 Å². The van der Waals surface area contributed by atoms with E-state index in [0.717, 1.165) is 0 Å². The van der Waals surface area contributed by atoms with Crippen LogP contribution in [0.1, 0.15) is 55.6 Å². The van der Waals surface area contributed by atoms with Crippen LogP contribution in [0.2, 0.25) is 5.02 Å². The van der Waals surface area contributed by atoms with Crippen molar-refractivity contribution in [2.45, 2.75) is 71.2 Å². The Kier molecular flexibility index (Phi) is 8.25. The van der Waals surface area contributed by atoms with E-state index in [-0.39, 0.29) is 11.5 Å². The van der Waals surface area contributed by atoms with Gasteiger partial charge in [0, 0.05) is 5.02 Å². The van der Waals surface area contributed by atoms with Gasteiger partial charge in [0.05, 0.1) is 17.8 Å². The number of aliphatic hydroxyl groups is 2. The number of aryl methyl sites for hydroxylation is 1. The number of halogens is 1. The van der Waals surface area contributed by atoms with Crippen LogP contribution >= 0.6 is 11.6 Å². The van der Waals surface area contributed by atoms with Crippen molar-refractivity contribution in [3.05, 3.63) is 52.1 Å². The number of aromatic carboxylic acids is 1. The van der Waals surface area contributed by atoms with Crippen LogP contribution in [-0.4, -0.2) is 51.5 Å². The molecule has 1 aromatic carbocycles. The zero-order chi connectivity index (χ0) is 22.6. The largest absolute Gasteiger partial charge is 0.478 e. The molecule has 1 heterocycles. The molecular formula is C23H31ClO6. The minimum atomic E-state index is -1.02. The number of benzene rings is 1. The van der Waals surface area contributed by atoms with Crippen molar-refractivity contribution in [1.82, 2.24) is 0 Å². The number of aliphatic hydroxyl groups excluding tert-OH is 2. The van der Waals surface area contributed by atoms with E-state index in [9.17, 15) is 20.1 Å². The standard InChI is InChI=1S/C23H31ClO6/c1-13(15(3)25)9-10-18(26)21-19(29-23(4,5)30-21)8-6-7-16-12-17(24)11-14(2)20(16)22(27)28/h6-7,9-13,15,18-19,21,25-26H,8H2,1-5H3,(H,27,28)/b7-6+,10-9-/t13-,15-,18?,19+,21+/m0/s1. The number of hydrogen-bond donors (Lipinski definition) is 3. The second-order valence-corrected chi connectivity index (χ2v) is 8.68. The molecule has 0 bridgehead atoms. The Balaban J connectivity index is 2.17. The Labute approximate surface area is 182 Å². The van der Waals surface area contributed by atoms with Crippen molar-refractivity contribution in [3.8, 4) is 0 Å². The average molecular weight is 439 g/mol. The first-order valence-corrected chi connectivity index (χ1v) is 10.4. The van der Waals surface area contributed by atoms with Crippen LogP contribution in [0.4, 0.5) is 0 Å². The third kappa shape index (κ3) is 6.40. The Bertz CT molecular complexity index is 814. The lowest BCUT2D eigenvalue weighted by Crippen LogP contribution is -2.34. The highest BCUT2D eigenvalue weighted by atomic mass is 35.5. The zero-order valence-electron chi connectivity index (χ0n) is 18.0. The minimum Gasteiger partial charge on any atom is -0.478 e. The van der Waals surface area contributed by atoms with E-state index < -0.39 is 36.2 Å². The molecule has 2 rings (SSSR count). The minimum absolute atomic E-state index is 0.103. The van der Waals surface area contributed by atoms with Crippen molar-refractivity contribution in [2.75, 3.05) is 0 Å². The Morgan fingerprint density at radius 2 is 1.90 bits per heavy atom. The van der Waals surface area contributed by atoms with E-state index in [4.69, 9.17) is 21.1 Å². The highest BCUT2D eigenvalue weighted by Crippen LogP contribution is 2.33. The summed E-state index contributed by atoms with van der Waals surface area (Å²) in [7, 11) is 0. The number of carbonyl (C=O) groups is 1. The average Bonchev–Trinajstić information content (AvgIpc) is 2.93. The maximum absolute atomic E-state index is 11.6. The summed E-state index contributed by atoms with van der Waals surface area (Å²) < 4.78 is 11.8. The molecule has 1 aromatic rings. The van der Waals surface area contributed by atoms with Gasteiger partial charge in [-0.1, -0.05) is 42.8 Å². The first kappa shape index (κ1) is 24.6. The van der Waals surface area contributed by atoms with Crippen LogP contribution in [0.5, 0.6) is 0 Å². The molecular weight excluding hydrogens is 408 g/mol. The fourth-order valence-electron chi connectivity index (χ4n) is 3.42. The quantitative estimate of drug-likeness (QED) is 0.526. The normalized spacial score (nSPS) is 24.4. The second kappa shape index (κ2) is 10.1. The maximum atomic E-state index is 11.6. The van der Waals surface area contributed by atoms with Gasteiger partial charge in [0.25, 0.3) is 0 Å². The van der Waals surface area contributed by atoms with Gasteiger partial charge in [-0.15, -0.1) is 0 Å². The van der Waals surface area contributed by atoms with Gasteiger partial charge in [0.2, 0.25) is 0 Å². The SMILES string of the molecule is Cc1cc(Cl)cc(/C=C/C[C@H]2OC(C)(C)O[C@@H]2C(O)/C=C\[C@H](C)[C@H](C)O)c1C(=O)O. The van der Waals surface area contributed by atoms with Crippen LogP contribution in [-0.2, 0) is 9.47 Å². The zero-order valence-corrected chi connectivity index (χ0v) is 18.8. The van der Waals surface area contributed by atoms with Crippen LogP contribution in [0.3, 0.4) is 0 Å². The molecule has 0 spiro atoms. The maximum Gasteiger partial charge on any atom is 0.336 e. The monoisotopic (exact) mass is 438 g/mol. The topological polar surface area (TPSA) is 96.2 Å². The fraction of sp³-hybridized carbons (Fsp3) is 0.522. The number of carboxylic acids is 1. The van der Waals surface area contributed by atoms with E-state index in [1.165, 1.54) is 0 Å². The van der Waals surface area contributed by atoms with Crippen LogP contribution in [0.25, 0.3) is 6.08 Å². The van der Waals surface area contributed by atoms with Gasteiger partial charge in [0.15, 0.2) is 5.79 Å². The molecule has 0 radical (unpaired) electrons. The molecule has 6 nitrogen and oxygen atoms in total. The van der Waals surface area contributed by atoms with Crippen LogP contribution in [0, 0.1) is 12.8 Å². The van der Waals surface area contributed by atoms with Gasteiger partial charge in [-0.25, -0.2) is 4.79 Å². The van der Waals surface area contributed by atoms with E-state index in [2.05, 4.69) is 0 Å². The van der Waals surface area contributed by atoms with Gasteiger partial charge in [-0.05, 0) is 63.3 Å². The van der Waals surface area contributed by atoms with E-state index in [0.29, 0.717) is 22.6 Å². The smallest absolute Gasteiger partial charge is 0.336 e. The summed E-state index contributed by atoms with van der Waals surface area (Å²) in [5.74, 6) is -1.97. The molecule has 0 saturated carbocycles. The molecule has 5 atom stereocenters. The molecule has 0 aliphatic carbocycles. The van der Waals surface area contributed by atoms with Crippen molar-refractivity contribution in [3.63, 3.8) is 0 Å². The van der Waals surface area contributed by atoms with E-state index >= 15 is 0 Å². The van der Waals surface area contributed by atoms with E-state index in [1.54, 1.807) is 64.1 Å². The number of rotatable bonds is 8. The molecule has 166 valence electrons. The third-order valence-corrected chi connectivity index (χ3v) is 5.36. The lowest BCUT2D eigenvalue weighted by molar-refractivity contribution is -0.152. The first-order chi connectivity index (χ1) is 13.9. The Hall–Kier alpha value is -1.70. The number of hydrogen-bond acceptors (Lipinski definition) is 5. The molecule has 7 heteroatoms. The molecule has 0 aromatic heterocycles. The molecule has 30 heavy (non-hydrogen) atoms. The van der Waals surface area contributed by atoms with Gasteiger partial charge < -0.3 is 24.8 Å². The van der Waals surface area contributed by atoms with Crippen molar-refractivity contribution in [1.29, 1.82) is 0 Å². The predicted molar refractivity (Wildman–Crippen MR) is 117 cm³/mol. The summed E-state index contributed by atoms with van der Waals surface area (Å²) in [6.45, 7) is 8.81. The number of ether oxygens (including phenoxy) is 2. The predicted octanol–water partition coefficient (Wildman–Crippen LogP) is 4.20. The van der Waals surface area contributed by atoms with Gasteiger partial charge in [0.1, 0.15) is 12.2 Å². The van der Waals surface area contributed by atoms with Gasteiger partial charge in [-0.3, -0.25) is 0 Å². The van der Waals surface area contributed by atoms with Crippen molar-refractivity contribution in [2.24, 2.45) is 5.92 Å². The molecule has 3 N–H and O–H groups in total. The Morgan fingerprint density at radius 1 is 1.23 bits per heavy atom. The summed E-state index contributed by atoms with van der Waals surface area (Å²) in [6, 6.07) is 3.22. The molecule has 1 aliphatic heterocycles. The summed E-state index contributed by atoms with van der Waals surface area (Å²) in [5.41, 5.74) is 1.29. The Morgan fingerprint density at radius 3 is 2.50 bits per heavy atom. The van der Waals surface area contributed by atoms with Crippen molar-refractivity contribution < 1.29 is 29.6 Å². The number of carboxylic acid groups (broad SMARTS) is 1. The molecule has 1 fully saturated rings. The molecule has 1 saturated heterocycles.